The molecule has 2 heterocycles. The Hall–Kier alpha value is -3.38. The third kappa shape index (κ3) is 5.82. The van der Waals surface area contributed by atoms with Crippen molar-refractivity contribution in [3.63, 3.8) is 0 Å². The maximum Gasteiger partial charge on any atom is 0.252 e. The van der Waals surface area contributed by atoms with Crippen LogP contribution < -0.4 is 10.5 Å². The molecule has 1 aromatic heterocycles. The van der Waals surface area contributed by atoms with Gasteiger partial charge in [0.2, 0.25) is 5.91 Å². The van der Waals surface area contributed by atoms with Crippen LogP contribution in [0.1, 0.15) is 37.7 Å². The number of hydrogen-bond donors (Lipinski definition) is 1. The average molecular weight is 474 g/mol. The van der Waals surface area contributed by atoms with E-state index in [9.17, 15) is 14.7 Å². The van der Waals surface area contributed by atoms with E-state index in [1.165, 1.54) is 0 Å². The molecule has 3 aromatic rings. The number of amides is 1. The second kappa shape index (κ2) is 10.5. The zero-order valence-corrected chi connectivity index (χ0v) is 20.9. The molecule has 1 N–H and O–H groups in total. The fourth-order valence-corrected chi connectivity index (χ4v) is 4.83. The lowest BCUT2D eigenvalue weighted by Crippen LogP contribution is -2.49. The zero-order chi connectivity index (χ0) is 25.0. The number of carbonyl (C=O) groups is 1. The Bertz CT molecular complexity index is 1200. The van der Waals surface area contributed by atoms with Crippen LogP contribution in [0.4, 0.5) is 5.69 Å². The molecule has 0 unspecified atom stereocenters. The van der Waals surface area contributed by atoms with E-state index in [0.717, 1.165) is 22.4 Å². The number of anilines is 1. The van der Waals surface area contributed by atoms with E-state index >= 15 is 0 Å². The van der Waals surface area contributed by atoms with Gasteiger partial charge in [-0.25, -0.2) is 0 Å². The average Bonchev–Trinajstić information content (AvgIpc) is 2.86. The maximum atomic E-state index is 12.9. The largest absolute Gasteiger partial charge is 0.388 e. The number of piperidine rings is 1. The molecule has 4 rings (SSSR count). The lowest BCUT2D eigenvalue weighted by atomic mass is 9.90. The molecule has 6 nitrogen and oxygen atoms in total. The molecule has 0 spiro atoms. The summed E-state index contributed by atoms with van der Waals surface area (Å²) in [5, 5.41) is 11.3. The number of likely N-dealkylation sites (tertiary alicyclic amines) is 1. The molecule has 1 amide bonds. The van der Waals surface area contributed by atoms with Crippen molar-refractivity contribution in [3.05, 3.63) is 88.8 Å². The van der Waals surface area contributed by atoms with Crippen LogP contribution in [0, 0.1) is 0 Å². The molecule has 35 heavy (non-hydrogen) atoms. The summed E-state index contributed by atoms with van der Waals surface area (Å²) in [6, 6.07) is 21.7. The van der Waals surface area contributed by atoms with Crippen LogP contribution in [0.25, 0.3) is 11.1 Å². The first-order valence-electron chi connectivity index (χ1n) is 12.3. The van der Waals surface area contributed by atoms with Crippen molar-refractivity contribution in [2.75, 3.05) is 32.1 Å². The van der Waals surface area contributed by atoms with Gasteiger partial charge >= 0.3 is 0 Å². The summed E-state index contributed by atoms with van der Waals surface area (Å²) >= 11 is 0. The quantitative estimate of drug-likeness (QED) is 0.560. The summed E-state index contributed by atoms with van der Waals surface area (Å²) in [4.78, 5) is 29.6. The number of benzene rings is 2. The van der Waals surface area contributed by atoms with Gasteiger partial charge in [0.25, 0.3) is 5.56 Å². The third-order valence-corrected chi connectivity index (χ3v) is 7.03. The second-order valence-electron chi connectivity index (χ2n) is 9.92. The molecule has 1 fully saturated rings. The van der Waals surface area contributed by atoms with E-state index in [1.54, 1.807) is 10.6 Å². The highest BCUT2D eigenvalue weighted by Crippen LogP contribution is 2.30. The molecule has 184 valence electrons. The van der Waals surface area contributed by atoms with Gasteiger partial charge in [-0.1, -0.05) is 67.6 Å². The van der Waals surface area contributed by atoms with Crippen molar-refractivity contribution in [1.82, 2.24) is 9.47 Å². The zero-order valence-electron chi connectivity index (χ0n) is 20.9. The van der Waals surface area contributed by atoms with Crippen molar-refractivity contribution >= 4 is 11.6 Å². The number of aliphatic hydroxyl groups is 1. The Morgan fingerprint density at radius 1 is 1.03 bits per heavy atom. The third-order valence-electron chi connectivity index (χ3n) is 7.03. The minimum absolute atomic E-state index is 0.113. The van der Waals surface area contributed by atoms with Gasteiger partial charge in [-0.15, -0.1) is 0 Å². The van der Waals surface area contributed by atoms with Gasteiger partial charge in [-0.2, -0.15) is 0 Å². The number of rotatable bonds is 7. The van der Waals surface area contributed by atoms with E-state index in [2.05, 4.69) is 19.1 Å². The van der Waals surface area contributed by atoms with E-state index in [0.29, 0.717) is 32.4 Å². The smallest absolute Gasteiger partial charge is 0.252 e. The summed E-state index contributed by atoms with van der Waals surface area (Å²) in [6.45, 7) is 3.27. The molecular formula is C29H35N3O3. The highest BCUT2D eigenvalue weighted by molar-refractivity contribution is 5.78. The van der Waals surface area contributed by atoms with Crippen molar-refractivity contribution in [3.8, 4) is 11.1 Å². The molecule has 0 bridgehead atoms. The topological polar surface area (TPSA) is 65.8 Å². The van der Waals surface area contributed by atoms with Crippen LogP contribution in [0.15, 0.2) is 77.7 Å². The van der Waals surface area contributed by atoms with Crippen molar-refractivity contribution in [2.24, 2.45) is 0 Å². The predicted octanol–water partition coefficient (Wildman–Crippen LogP) is 4.13. The van der Waals surface area contributed by atoms with E-state index in [4.69, 9.17) is 0 Å². The molecule has 1 aliphatic rings. The molecule has 0 radical (unpaired) electrons. The SMILES string of the molecule is C[C@H](CC(=O)N1CCC(O)(Cn2cc(-c3ccccc3)c(N(C)C)cc2=O)CC1)c1ccccc1. The fourth-order valence-electron chi connectivity index (χ4n) is 4.83. The van der Waals surface area contributed by atoms with Gasteiger partial charge in [0, 0.05) is 51.4 Å². The summed E-state index contributed by atoms with van der Waals surface area (Å²) < 4.78 is 1.62. The Morgan fingerprint density at radius 2 is 1.63 bits per heavy atom. The number of hydrogen-bond acceptors (Lipinski definition) is 4. The molecule has 1 atom stereocenters. The molecule has 6 heteroatoms. The minimum atomic E-state index is -1.03. The van der Waals surface area contributed by atoms with Crippen LogP contribution in [0.3, 0.4) is 0 Å². The van der Waals surface area contributed by atoms with Gasteiger partial charge in [0.1, 0.15) is 0 Å². The van der Waals surface area contributed by atoms with E-state index < -0.39 is 5.60 Å². The first-order chi connectivity index (χ1) is 16.8. The van der Waals surface area contributed by atoms with Crippen LogP contribution in [0.2, 0.25) is 0 Å². The van der Waals surface area contributed by atoms with E-state index in [-0.39, 0.29) is 23.9 Å². The molecule has 2 aromatic carbocycles. The van der Waals surface area contributed by atoms with Gasteiger partial charge in [0.15, 0.2) is 0 Å². The molecule has 0 aliphatic carbocycles. The number of nitrogens with zero attached hydrogens (tertiary/aromatic N) is 3. The number of pyridine rings is 1. The summed E-state index contributed by atoms with van der Waals surface area (Å²) in [5.41, 5.74) is 2.80. The molecule has 1 aliphatic heterocycles. The first-order valence-corrected chi connectivity index (χ1v) is 12.3. The van der Waals surface area contributed by atoms with Gasteiger partial charge in [-0.3, -0.25) is 9.59 Å². The highest BCUT2D eigenvalue weighted by atomic mass is 16.3. The van der Waals surface area contributed by atoms with Crippen LogP contribution >= 0.6 is 0 Å². The predicted molar refractivity (Wildman–Crippen MR) is 141 cm³/mol. The van der Waals surface area contributed by atoms with Crippen molar-refractivity contribution in [1.29, 1.82) is 0 Å². The second-order valence-corrected chi connectivity index (χ2v) is 9.92. The maximum absolute atomic E-state index is 12.9. The Balaban J connectivity index is 1.45. The summed E-state index contributed by atoms with van der Waals surface area (Å²) in [7, 11) is 3.84. The first kappa shape index (κ1) is 24.7. The Kier molecular flexibility index (Phi) is 7.41. The Labute approximate surface area is 207 Å². The van der Waals surface area contributed by atoms with Gasteiger partial charge in [0.05, 0.1) is 17.8 Å². The van der Waals surface area contributed by atoms with Gasteiger partial charge < -0.3 is 19.5 Å². The number of carbonyl (C=O) groups excluding carboxylic acids is 1. The Morgan fingerprint density at radius 3 is 2.23 bits per heavy atom. The minimum Gasteiger partial charge on any atom is -0.388 e. The molecular weight excluding hydrogens is 438 g/mol. The summed E-state index contributed by atoms with van der Waals surface area (Å²) in [5.74, 6) is 0.261. The van der Waals surface area contributed by atoms with E-state index in [1.807, 2.05) is 78.6 Å². The van der Waals surface area contributed by atoms with Crippen LogP contribution in [0.5, 0.6) is 0 Å². The van der Waals surface area contributed by atoms with Crippen molar-refractivity contribution < 1.29 is 9.90 Å². The standard InChI is InChI=1S/C29H35N3O3/c1-22(23-10-6-4-7-11-23)18-27(33)31-16-14-29(35,15-17-31)21-32-20-25(24-12-8-5-9-13-24)26(30(2)3)19-28(32)34/h4-13,19-20,22,35H,14-18,21H2,1-3H3/t22-/m1/s1. The molecule has 1 saturated heterocycles. The highest BCUT2D eigenvalue weighted by Gasteiger charge is 2.35. The van der Waals surface area contributed by atoms with Crippen LogP contribution in [-0.2, 0) is 11.3 Å². The number of aromatic nitrogens is 1. The lowest BCUT2D eigenvalue weighted by Gasteiger charge is -2.39. The normalized spacial score (nSPS) is 16.1. The fraction of sp³-hybridized carbons (Fsp3) is 0.379. The lowest BCUT2D eigenvalue weighted by molar-refractivity contribution is -0.136. The monoisotopic (exact) mass is 473 g/mol. The van der Waals surface area contributed by atoms with Gasteiger partial charge in [-0.05, 0) is 29.9 Å². The van der Waals surface area contributed by atoms with Crippen molar-refractivity contribution in [2.45, 2.75) is 44.2 Å². The van der Waals surface area contributed by atoms with Crippen LogP contribution in [-0.4, -0.2) is 53.3 Å². The summed E-state index contributed by atoms with van der Waals surface area (Å²) in [6.07, 6.45) is 3.19. The molecule has 0 saturated carbocycles.